The van der Waals surface area contributed by atoms with E-state index in [0.29, 0.717) is 31.1 Å². The smallest absolute Gasteiger partial charge is 0.309 e. The van der Waals surface area contributed by atoms with Crippen molar-refractivity contribution in [3.05, 3.63) is 28.8 Å². The predicted molar refractivity (Wildman–Crippen MR) is 138 cm³/mol. The van der Waals surface area contributed by atoms with Crippen LogP contribution in [0.1, 0.15) is 111 Å². The first-order valence-electron chi connectivity index (χ1n) is 12.8. The van der Waals surface area contributed by atoms with E-state index < -0.39 is 5.92 Å². The number of hydrogen-bond acceptors (Lipinski definition) is 5. The quantitative estimate of drug-likeness (QED) is 0.334. The highest BCUT2D eigenvalue weighted by atomic mass is 16.5. The molecular formula is C29H48O5. The molecule has 0 heterocycles. The summed E-state index contributed by atoms with van der Waals surface area (Å²) >= 11 is 0. The van der Waals surface area contributed by atoms with Gasteiger partial charge in [0.05, 0.1) is 19.6 Å². The minimum Gasteiger partial charge on any atom is -0.507 e. The van der Waals surface area contributed by atoms with Crippen molar-refractivity contribution in [2.75, 3.05) is 13.7 Å². The number of ether oxygens (including phenoxy) is 2. The number of benzene rings is 1. The minimum atomic E-state index is -0.451. The molecule has 0 aliphatic rings. The molecule has 1 rings (SSSR count). The van der Waals surface area contributed by atoms with E-state index in [1.54, 1.807) is 0 Å². The van der Waals surface area contributed by atoms with E-state index >= 15 is 0 Å². The summed E-state index contributed by atoms with van der Waals surface area (Å²) in [6.45, 7) is 17.1. The number of phenols is 1. The second kappa shape index (κ2) is 13.2. The molecule has 2 unspecified atom stereocenters. The Kier molecular flexibility index (Phi) is 11.6. The standard InChI is InChI=1S/C29H48O5/c1-10-12-13-20(11-2)19-34-27(32)22(14-15-25(30)33-9)16-21-17-23(28(3,4)5)26(31)24(18-21)29(6,7)8/h17-18,20,22,31H,10-16,19H2,1-9H3. The van der Waals surface area contributed by atoms with E-state index in [2.05, 4.69) is 55.4 Å². The normalized spacial score (nSPS) is 13.9. The van der Waals surface area contributed by atoms with Gasteiger partial charge >= 0.3 is 11.9 Å². The van der Waals surface area contributed by atoms with Crippen molar-refractivity contribution in [3.63, 3.8) is 0 Å². The van der Waals surface area contributed by atoms with Crippen molar-refractivity contribution in [2.45, 2.75) is 111 Å². The van der Waals surface area contributed by atoms with E-state index in [9.17, 15) is 14.7 Å². The molecular weight excluding hydrogens is 428 g/mol. The number of carbonyl (C=O) groups is 2. The second-order valence-electron chi connectivity index (χ2n) is 11.6. The van der Waals surface area contributed by atoms with Gasteiger partial charge in [-0.2, -0.15) is 0 Å². The van der Waals surface area contributed by atoms with Gasteiger partial charge in [-0.25, -0.2) is 0 Å². The highest BCUT2D eigenvalue weighted by Gasteiger charge is 2.29. The molecule has 2 atom stereocenters. The van der Waals surface area contributed by atoms with Crippen LogP contribution in [-0.4, -0.2) is 30.8 Å². The molecule has 0 radical (unpaired) electrons. The Morgan fingerprint density at radius 2 is 1.53 bits per heavy atom. The van der Waals surface area contributed by atoms with Gasteiger partial charge in [-0.3, -0.25) is 9.59 Å². The van der Waals surface area contributed by atoms with Crippen molar-refractivity contribution < 1.29 is 24.2 Å². The van der Waals surface area contributed by atoms with E-state index in [-0.39, 0.29) is 29.2 Å². The van der Waals surface area contributed by atoms with Crippen molar-refractivity contribution in [1.82, 2.24) is 0 Å². The third-order valence-corrected chi connectivity index (χ3v) is 6.53. The number of unbranched alkanes of at least 4 members (excludes halogenated alkanes) is 1. The molecule has 34 heavy (non-hydrogen) atoms. The molecule has 1 aromatic rings. The zero-order valence-electron chi connectivity index (χ0n) is 23.0. The number of carbonyl (C=O) groups excluding carboxylic acids is 2. The van der Waals surface area contributed by atoms with Crippen molar-refractivity contribution in [1.29, 1.82) is 0 Å². The maximum atomic E-state index is 13.1. The minimum absolute atomic E-state index is 0.166. The Morgan fingerprint density at radius 1 is 0.971 bits per heavy atom. The molecule has 0 saturated heterocycles. The molecule has 5 heteroatoms. The fraction of sp³-hybridized carbons (Fsp3) is 0.724. The SMILES string of the molecule is CCCCC(CC)COC(=O)C(CCC(=O)OC)Cc1cc(C(C)(C)C)c(O)c(C(C)(C)C)c1. The number of hydrogen-bond donors (Lipinski definition) is 1. The van der Waals surface area contributed by atoms with Crippen LogP contribution in [0.15, 0.2) is 12.1 Å². The lowest BCUT2D eigenvalue weighted by molar-refractivity contribution is -0.151. The summed E-state index contributed by atoms with van der Waals surface area (Å²) in [5.41, 5.74) is 2.18. The molecule has 0 aromatic heterocycles. The average Bonchev–Trinajstić information content (AvgIpc) is 2.75. The number of esters is 2. The van der Waals surface area contributed by atoms with Gasteiger partial charge in [-0.1, -0.05) is 86.8 Å². The highest BCUT2D eigenvalue weighted by molar-refractivity contribution is 5.75. The molecule has 1 N–H and O–H groups in total. The molecule has 194 valence electrons. The molecule has 0 spiro atoms. The first-order chi connectivity index (χ1) is 15.7. The van der Waals surface area contributed by atoms with Crippen molar-refractivity contribution >= 4 is 11.9 Å². The highest BCUT2D eigenvalue weighted by Crippen LogP contribution is 2.40. The molecule has 0 aliphatic heterocycles. The van der Waals surface area contributed by atoms with Crippen LogP contribution in [0.2, 0.25) is 0 Å². The molecule has 5 nitrogen and oxygen atoms in total. The lowest BCUT2D eigenvalue weighted by Crippen LogP contribution is -2.25. The van der Waals surface area contributed by atoms with Crippen LogP contribution in [0.4, 0.5) is 0 Å². The van der Waals surface area contributed by atoms with E-state index in [0.717, 1.165) is 42.4 Å². The average molecular weight is 477 g/mol. The van der Waals surface area contributed by atoms with E-state index in [1.165, 1.54) is 7.11 Å². The Bertz CT molecular complexity index is 763. The fourth-order valence-electron chi connectivity index (χ4n) is 4.15. The van der Waals surface area contributed by atoms with Gasteiger partial charge in [0.15, 0.2) is 0 Å². The third kappa shape index (κ3) is 9.31. The first-order valence-corrected chi connectivity index (χ1v) is 12.8. The van der Waals surface area contributed by atoms with Crippen LogP contribution in [0, 0.1) is 11.8 Å². The lowest BCUT2D eigenvalue weighted by Gasteiger charge is -2.29. The Balaban J connectivity index is 3.23. The Hall–Kier alpha value is -2.04. The molecule has 0 fully saturated rings. The summed E-state index contributed by atoms with van der Waals surface area (Å²) in [5, 5.41) is 11.0. The van der Waals surface area contributed by atoms with Crippen LogP contribution in [0.3, 0.4) is 0 Å². The number of methoxy groups -OCH3 is 1. The summed E-state index contributed by atoms with van der Waals surface area (Å²) in [6.07, 6.45) is 5.26. The van der Waals surface area contributed by atoms with Crippen molar-refractivity contribution in [2.24, 2.45) is 11.8 Å². The summed E-state index contributed by atoms with van der Waals surface area (Å²) in [6, 6.07) is 4.00. The molecule has 0 aliphatic carbocycles. The largest absolute Gasteiger partial charge is 0.507 e. The van der Waals surface area contributed by atoms with E-state index in [4.69, 9.17) is 9.47 Å². The monoisotopic (exact) mass is 476 g/mol. The van der Waals surface area contributed by atoms with Gasteiger partial charge in [0.2, 0.25) is 0 Å². The van der Waals surface area contributed by atoms with Gasteiger partial charge in [-0.15, -0.1) is 0 Å². The summed E-state index contributed by atoms with van der Waals surface area (Å²) < 4.78 is 10.6. The van der Waals surface area contributed by atoms with Crippen LogP contribution in [0.25, 0.3) is 0 Å². The summed E-state index contributed by atoms with van der Waals surface area (Å²) in [7, 11) is 1.36. The lowest BCUT2D eigenvalue weighted by atomic mass is 9.77. The number of phenolic OH excluding ortho intramolecular Hbond substituents is 1. The molecule has 1 aromatic carbocycles. The van der Waals surface area contributed by atoms with Gasteiger partial charge < -0.3 is 14.6 Å². The van der Waals surface area contributed by atoms with Gasteiger partial charge in [0.25, 0.3) is 0 Å². The van der Waals surface area contributed by atoms with Gasteiger partial charge in [0.1, 0.15) is 5.75 Å². The molecule has 0 saturated carbocycles. The van der Waals surface area contributed by atoms with Crippen LogP contribution >= 0.6 is 0 Å². The first kappa shape index (κ1) is 30.0. The second-order valence-corrected chi connectivity index (χ2v) is 11.6. The third-order valence-electron chi connectivity index (χ3n) is 6.53. The zero-order valence-corrected chi connectivity index (χ0v) is 23.0. The predicted octanol–water partition coefficient (Wildman–Crippen LogP) is 6.86. The summed E-state index contributed by atoms with van der Waals surface area (Å²) in [4.78, 5) is 25.0. The molecule has 0 amide bonds. The zero-order chi connectivity index (χ0) is 26.1. The Labute approximate surface area is 207 Å². The Morgan fingerprint density at radius 3 is 1.97 bits per heavy atom. The van der Waals surface area contributed by atoms with Gasteiger partial charge in [-0.05, 0) is 52.7 Å². The van der Waals surface area contributed by atoms with Crippen LogP contribution in [0.5, 0.6) is 5.75 Å². The molecule has 0 bridgehead atoms. The van der Waals surface area contributed by atoms with Crippen molar-refractivity contribution in [3.8, 4) is 5.75 Å². The fourth-order valence-corrected chi connectivity index (χ4v) is 4.15. The van der Waals surface area contributed by atoms with E-state index in [1.807, 2.05) is 12.1 Å². The van der Waals surface area contributed by atoms with Crippen LogP contribution in [-0.2, 0) is 36.3 Å². The topological polar surface area (TPSA) is 72.8 Å². The maximum absolute atomic E-state index is 13.1. The summed E-state index contributed by atoms with van der Waals surface area (Å²) in [5.74, 6) is -0.365. The van der Waals surface area contributed by atoms with Crippen LogP contribution < -0.4 is 0 Å². The maximum Gasteiger partial charge on any atom is 0.309 e. The number of rotatable bonds is 12. The van der Waals surface area contributed by atoms with Gasteiger partial charge in [0, 0.05) is 6.42 Å². The number of aromatic hydroxyl groups is 1.